The van der Waals surface area contributed by atoms with Gasteiger partial charge in [0.15, 0.2) is 0 Å². The van der Waals surface area contributed by atoms with Crippen molar-refractivity contribution >= 4 is 11.8 Å². The van der Waals surface area contributed by atoms with Gasteiger partial charge >= 0.3 is 0 Å². The fourth-order valence-electron chi connectivity index (χ4n) is 1.72. The van der Waals surface area contributed by atoms with Gasteiger partial charge in [-0.05, 0) is 26.7 Å². The maximum Gasteiger partial charge on any atom is 0.220 e. The molecular weight excluding hydrogens is 216 g/mol. The van der Waals surface area contributed by atoms with Crippen LogP contribution in [0.5, 0.6) is 0 Å². The Morgan fingerprint density at radius 3 is 2.12 bits per heavy atom. The van der Waals surface area contributed by atoms with Crippen molar-refractivity contribution in [2.45, 2.75) is 53.5 Å². The van der Waals surface area contributed by atoms with Gasteiger partial charge in [-0.15, -0.1) is 0 Å². The molecule has 0 fully saturated rings. The van der Waals surface area contributed by atoms with E-state index in [-0.39, 0.29) is 17.4 Å². The summed E-state index contributed by atoms with van der Waals surface area (Å²) in [6.45, 7) is 12.6. The average Bonchev–Trinajstić information content (AvgIpc) is 2.08. The van der Waals surface area contributed by atoms with E-state index in [1.165, 1.54) is 0 Å². The standard InChI is InChI=1S/C13H26N2O2/c1-10(2)9-12(17)14-7-8-15(11(3)16)13(4,5)6/h10H,7-9H2,1-6H3,(H,14,17). The van der Waals surface area contributed by atoms with Crippen molar-refractivity contribution in [1.29, 1.82) is 0 Å². The molecule has 0 heterocycles. The first-order valence-electron chi connectivity index (χ1n) is 6.19. The quantitative estimate of drug-likeness (QED) is 0.799. The molecule has 0 aromatic carbocycles. The highest BCUT2D eigenvalue weighted by atomic mass is 16.2. The molecule has 0 aliphatic carbocycles. The Hall–Kier alpha value is -1.06. The SMILES string of the molecule is CC(=O)N(CCNC(=O)CC(C)C)C(C)(C)C. The van der Waals surface area contributed by atoms with Gasteiger partial charge in [-0.2, -0.15) is 0 Å². The van der Waals surface area contributed by atoms with Crippen molar-refractivity contribution in [1.82, 2.24) is 10.2 Å². The van der Waals surface area contributed by atoms with E-state index in [1.54, 1.807) is 11.8 Å². The van der Waals surface area contributed by atoms with Crippen molar-refractivity contribution in [3.05, 3.63) is 0 Å². The van der Waals surface area contributed by atoms with Gasteiger partial charge < -0.3 is 10.2 Å². The van der Waals surface area contributed by atoms with Crippen LogP contribution in [0.4, 0.5) is 0 Å². The van der Waals surface area contributed by atoms with Crippen LogP contribution in [0.15, 0.2) is 0 Å². The van der Waals surface area contributed by atoms with E-state index in [9.17, 15) is 9.59 Å². The highest BCUT2D eigenvalue weighted by Gasteiger charge is 2.23. The Morgan fingerprint density at radius 1 is 1.24 bits per heavy atom. The van der Waals surface area contributed by atoms with E-state index in [4.69, 9.17) is 0 Å². The Kier molecular flexibility index (Phi) is 6.21. The first-order valence-corrected chi connectivity index (χ1v) is 6.19. The van der Waals surface area contributed by atoms with Crippen LogP contribution in [0.25, 0.3) is 0 Å². The zero-order valence-electron chi connectivity index (χ0n) is 12.0. The third-order valence-corrected chi connectivity index (χ3v) is 2.44. The second kappa shape index (κ2) is 6.62. The fourth-order valence-corrected chi connectivity index (χ4v) is 1.72. The number of carbonyl (C=O) groups is 2. The van der Waals surface area contributed by atoms with Crippen molar-refractivity contribution in [2.24, 2.45) is 5.92 Å². The number of nitrogens with one attached hydrogen (secondary N) is 1. The summed E-state index contributed by atoms with van der Waals surface area (Å²) >= 11 is 0. The molecule has 0 aliphatic heterocycles. The molecular formula is C13H26N2O2. The van der Waals surface area contributed by atoms with E-state index < -0.39 is 0 Å². The molecule has 0 aromatic heterocycles. The first kappa shape index (κ1) is 15.9. The van der Waals surface area contributed by atoms with E-state index >= 15 is 0 Å². The molecule has 0 unspecified atom stereocenters. The predicted octanol–water partition coefficient (Wildman–Crippen LogP) is 1.80. The number of rotatable bonds is 5. The van der Waals surface area contributed by atoms with Crippen LogP contribution in [0.3, 0.4) is 0 Å². The number of carbonyl (C=O) groups excluding carboxylic acids is 2. The summed E-state index contributed by atoms with van der Waals surface area (Å²) in [6, 6.07) is 0. The lowest BCUT2D eigenvalue weighted by molar-refractivity contribution is -0.134. The lowest BCUT2D eigenvalue weighted by atomic mass is 10.1. The van der Waals surface area contributed by atoms with Crippen LogP contribution in [-0.2, 0) is 9.59 Å². The minimum atomic E-state index is -0.200. The minimum Gasteiger partial charge on any atom is -0.354 e. The highest BCUT2D eigenvalue weighted by molar-refractivity contribution is 5.76. The van der Waals surface area contributed by atoms with Gasteiger partial charge in [-0.1, -0.05) is 13.8 Å². The minimum absolute atomic E-state index is 0.0376. The maximum atomic E-state index is 11.5. The normalized spacial score (nSPS) is 11.5. The molecule has 0 atom stereocenters. The molecule has 0 aromatic rings. The average molecular weight is 242 g/mol. The van der Waals surface area contributed by atoms with E-state index in [0.29, 0.717) is 25.4 Å². The van der Waals surface area contributed by atoms with Gasteiger partial charge in [0.25, 0.3) is 0 Å². The van der Waals surface area contributed by atoms with Crippen LogP contribution in [0.1, 0.15) is 48.0 Å². The third-order valence-electron chi connectivity index (χ3n) is 2.44. The van der Waals surface area contributed by atoms with Crippen LogP contribution < -0.4 is 5.32 Å². The molecule has 100 valence electrons. The molecule has 2 amide bonds. The van der Waals surface area contributed by atoms with Gasteiger partial charge in [-0.25, -0.2) is 0 Å². The van der Waals surface area contributed by atoms with E-state index in [1.807, 2.05) is 34.6 Å². The van der Waals surface area contributed by atoms with Crippen molar-refractivity contribution in [2.75, 3.05) is 13.1 Å². The van der Waals surface area contributed by atoms with E-state index in [0.717, 1.165) is 0 Å². The summed E-state index contributed by atoms with van der Waals surface area (Å²) in [5.41, 5.74) is -0.200. The van der Waals surface area contributed by atoms with Gasteiger partial charge in [0.05, 0.1) is 0 Å². The molecule has 0 aliphatic rings. The second-order valence-corrected chi connectivity index (χ2v) is 5.79. The zero-order valence-corrected chi connectivity index (χ0v) is 12.0. The Bertz CT molecular complexity index is 267. The van der Waals surface area contributed by atoms with Crippen molar-refractivity contribution in [3.63, 3.8) is 0 Å². The Labute approximate surface area is 105 Å². The molecule has 0 radical (unpaired) electrons. The summed E-state index contributed by atoms with van der Waals surface area (Å²) in [7, 11) is 0. The lowest BCUT2D eigenvalue weighted by Crippen LogP contribution is -2.48. The predicted molar refractivity (Wildman–Crippen MR) is 69.6 cm³/mol. The van der Waals surface area contributed by atoms with Gasteiger partial charge in [0.1, 0.15) is 0 Å². The molecule has 0 saturated heterocycles. The van der Waals surface area contributed by atoms with Gasteiger partial charge in [0.2, 0.25) is 11.8 Å². The molecule has 0 spiro atoms. The van der Waals surface area contributed by atoms with Gasteiger partial charge in [0, 0.05) is 32.0 Å². The largest absolute Gasteiger partial charge is 0.354 e. The smallest absolute Gasteiger partial charge is 0.220 e. The van der Waals surface area contributed by atoms with Crippen molar-refractivity contribution in [3.8, 4) is 0 Å². The molecule has 17 heavy (non-hydrogen) atoms. The topological polar surface area (TPSA) is 49.4 Å². The maximum absolute atomic E-state index is 11.5. The lowest BCUT2D eigenvalue weighted by Gasteiger charge is -2.35. The summed E-state index contributed by atoms with van der Waals surface area (Å²) in [6.07, 6.45) is 0.537. The fraction of sp³-hybridized carbons (Fsp3) is 0.846. The van der Waals surface area contributed by atoms with Crippen LogP contribution in [-0.4, -0.2) is 35.3 Å². The molecule has 0 rings (SSSR count). The summed E-state index contributed by atoms with van der Waals surface area (Å²) < 4.78 is 0. The Balaban J connectivity index is 4.08. The molecule has 0 bridgehead atoms. The number of hydrogen-bond acceptors (Lipinski definition) is 2. The zero-order chi connectivity index (χ0) is 13.6. The monoisotopic (exact) mass is 242 g/mol. The molecule has 0 saturated carbocycles. The van der Waals surface area contributed by atoms with Gasteiger partial charge in [-0.3, -0.25) is 9.59 Å². The first-order chi connectivity index (χ1) is 7.64. The number of nitrogens with zero attached hydrogens (tertiary/aromatic N) is 1. The molecule has 4 heteroatoms. The van der Waals surface area contributed by atoms with Crippen LogP contribution >= 0.6 is 0 Å². The Morgan fingerprint density at radius 2 is 1.76 bits per heavy atom. The highest BCUT2D eigenvalue weighted by Crippen LogP contribution is 2.12. The summed E-state index contributed by atoms with van der Waals surface area (Å²) in [5, 5.41) is 2.84. The molecule has 1 N–H and O–H groups in total. The second-order valence-electron chi connectivity index (χ2n) is 5.79. The summed E-state index contributed by atoms with van der Waals surface area (Å²) in [5.74, 6) is 0.453. The van der Waals surface area contributed by atoms with Crippen LogP contribution in [0.2, 0.25) is 0 Å². The number of amides is 2. The third kappa shape index (κ3) is 6.97. The van der Waals surface area contributed by atoms with Crippen molar-refractivity contribution < 1.29 is 9.59 Å². The summed E-state index contributed by atoms with van der Waals surface area (Å²) in [4.78, 5) is 24.7. The number of hydrogen-bond donors (Lipinski definition) is 1. The molecule has 4 nitrogen and oxygen atoms in total. The van der Waals surface area contributed by atoms with E-state index in [2.05, 4.69) is 5.32 Å². The van der Waals surface area contributed by atoms with Crippen LogP contribution in [0, 0.1) is 5.92 Å².